The van der Waals surface area contributed by atoms with E-state index in [1.54, 1.807) is 4.90 Å². The van der Waals surface area contributed by atoms with Crippen molar-refractivity contribution in [3.63, 3.8) is 0 Å². The number of carbonyl (C=O) groups excluding carboxylic acids is 1. The van der Waals surface area contributed by atoms with Gasteiger partial charge in [0.15, 0.2) is 0 Å². The van der Waals surface area contributed by atoms with Crippen molar-refractivity contribution in [1.82, 2.24) is 4.90 Å². The van der Waals surface area contributed by atoms with E-state index in [0.29, 0.717) is 6.42 Å². The molecule has 1 saturated heterocycles. The van der Waals surface area contributed by atoms with Crippen LogP contribution >= 0.6 is 0 Å². The Morgan fingerprint density at radius 1 is 1.67 bits per heavy atom. The average Bonchev–Trinajstić information content (AvgIpc) is 2.20. The van der Waals surface area contributed by atoms with Crippen LogP contribution in [0.25, 0.3) is 0 Å². The Balaban J connectivity index is 2.82. The number of likely N-dealkylation sites (tertiary alicyclic amines) is 1. The summed E-state index contributed by atoms with van der Waals surface area (Å²) in [6.45, 7) is 4.73. The molecule has 0 radical (unpaired) electrons. The lowest BCUT2D eigenvalue weighted by molar-refractivity contribution is 0.0213. The quantitative estimate of drug-likeness (QED) is 0.666. The summed E-state index contributed by atoms with van der Waals surface area (Å²) in [5, 5.41) is 8.75. The number of amides is 1. The number of nitriles is 1. The standard InChI is InChI=1S/C11H18N2O2/c1-11(2)9(6-7-12)5-4-8-13(11)10(14)15-3/h9H,4-6,8H2,1-3H3. The molecule has 1 heterocycles. The minimum Gasteiger partial charge on any atom is -0.453 e. The maximum absolute atomic E-state index is 11.6. The molecule has 1 rings (SSSR count). The Morgan fingerprint density at radius 2 is 2.33 bits per heavy atom. The van der Waals surface area contributed by atoms with Crippen molar-refractivity contribution in [3.8, 4) is 6.07 Å². The summed E-state index contributed by atoms with van der Waals surface area (Å²) in [6, 6.07) is 2.19. The molecular formula is C11H18N2O2. The van der Waals surface area contributed by atoms with Gasteiger partial charge in [-0.25, -0.2) is 4.79 Å². The highest BCUT2D eigenvalue weighted by Crippen LogP contribution is 2.35. The van der Waals surface area contributed by atoms with Gasteiger partial charge in [0.1, 0.15) is 0 Å². The minimum absolute atomic E-state index is 0.246. The van der Waals surface area contributed by atoms with Gasteiger partial charge in [-0.3, -0.25) is 0 Å². The van der Waals surface area contributed by atoms with E-state index >= 15 is 0 Å². The second-order valence-corrected chi connectivity index (χ2v) is 4.48. The number of rotatable bonds is 1. The van der Waals surface area contributed by atoms with Crippen molar-refractivity contribution in [2.24, 2.45) is 5.92 Å². The first-order valence-electron chi connectivity index (χ1n) is 5.26. The predicted molar refractivity (Wildman–Crippen MR) is 56.1 cm³/mol. The molecule has 15 heavy (non-hydrogen) atoms. The first-order valence-corrected chi connectivity index (χ1v) is 5.26. The molecule has 0 aromatic rings. The van der Waals surface area contributed by atoms with Gasteiger partial charge in [0.05, 0.1) is 13.2 Å². The molecule has 0 aromatic heterocycles. The van der Waals surface area contributed by atoms with Crippen LogP contribution in [0.3, 0.4) is 0 Å². The summed E-state index contributed by atoms with van der Waals surface area (Å²) in [4.78, 5) is 13.3. The highest BCUT2D eigenvalue weighted by atomic mass is 16.5. The van der Waals surface area contributed by atoms with E-state index in [1.165, 1.54) is 7.11 Å². The molecule has 0 saturated carbocycles. The molecule has 4 heteroatoms. The maximum atomic E-state index is 11.6. The van der Waals surface area contributed by atoms with Crippen LogP contribution in [0.2, 0.25) is 0 Å². The minimum atomic E-state index is -0.289. The van der Waals surface area contributed by atoms with Gasteiger partial charge >= 0.3 is 6.09 Å². The lowest BCUT2D eigenvalue weighted by Gasteiger charge is -2.46. The molecule has 0 bridgehead atoms. The van der Waals surface area contributed by atoms with Crippen molar-refractivity contribution >= 4 is 6.09 Å². The third-order valence-electron chi connectivity index (χ3n) is 3.36. The van der Waals surface area contributed by atoms with Crippen molar-refractivity contribution in [2.45, 2.75) is 38.6 Å². The summed E-state index contributed by atoms with van der Waals surface area (Å²) < 4.78 is 4.76. The monoisotopic (exact) mass is 210 g/mol. The molecule has 84 valence electrons. The van der Waals surface area contributed by atoms with Crippen molar-refractivity contribution < 1.29 is 9.53 Å². The molecule has 1 aliphatic rings. The van der Waals surface area contributed by atoms with Crippen LogP contribution in [0.5, 0.6) is 0 Å². The number of hydrogen-bond acceptors (Lipinski definition) is 3. The smallest absolute Gasteiger partial charge is 0.409 e. The highest BCUT2D eigenvalue weighted by molar-refractivity contribution is 5.68. The van der Waals surface area contributed by atoms with E-state index in [9.17, 15) is 4.79 Å². The molecule has 1 aliphatic heterocycles. The van der Waals surface area contributed by atoms with Crippen LogP contribution in [0.15, 0.2) is 0 Å². The van der Waals surface area contributed by atoms with Crippen molar-refractivity contribution in [3.05, 3.63) is 0 Å². The van der Waals surface area contributed by atoms with Gasteiger partial charge in [-0.05, 0) is 32.6 Å². The summed E-state index contributed by atoms with van der Waals surface area (Å²) in [7, 11) is 1.40. The average molecular weight is 210 g/mol. The molecule has 1 atom stereocenters. The number of piperidine rings is 1. The molecule has 4 nitrogen and oxygen atoms in total. The zero-order valence-electron chi connectivity index (χ0n) is 9.62. The first-order chi connectivity index (χ1) is 7.04. The topological polar surface area (TPSA) is 53.3 Å². The summed E-state index contributed by atoms with van der Waals surface area (Å²) >= 11 is 0. The number of carbonyl (C=O) groups is 1. The molecule has 0 aromatic carbocycles. The van der Waals surface area contributed by atoms with Gasteiger partial charge in [0.25, 0.3) is 0 Å². The zero-order chi connectivity index (χ0) is 11.5. The lowest BCUT2D eigenvalue weighted by Crippen LogP contribution is -2.55. The van der Waals surface area contributed by atoms with Crippen molar-refractivity contribution in [2.75, 3.05) is 13.7 Å². The Morgan fingerprint density at radius 3 is 2.87 bits per heavy atom. The zero-order valence-corrected chi connectivity index (χ0v) is 9.62. The maximum Gasteiger partial charge on any atom is 0.409 e. The van der Waals surface area contributed by atoms with Gasteiger partial charge in [-0.1, -0.05) is 0 Å². The van der Waals surface area contributed by atoms with E-state index in [4.69, 9.17) is 10.00 Å². The van der Waals surface area contributed by atoms with Crippen molar-refractivity contribution in [1.29, 1.82) is 5.26 Å². The number of methoxy groups -OCH3 is 1. The Kier molecular flexibility index (Phi) is 3.57. The summed E-state index contributed by atoms with van der Waals surface area (Å²) in [5.41, 5.74) is -0.277. The van der Waals surface area contributed by atoms with Gasteiger partial charge in [0, 0.05) is 18.5 Å². The van der Waals surface area contributed by atoms with E-state index in [1.807, 2.05) is 13.8 Å². The van der Waals surface area contributed by atoms with Crippen LogP contribution in [0, 0.1) is 17.2 Å². The van der Waals surface area contributed by atoms with Crippen LogP contribution in [-0.4, -0.2) is 30.2 Å². The largest absolute Gasteiger partial charge is 0.453 e. The summed E-state index contributed by atoms with van der Waals surface area (Å²) in [6.07, 6.45) is 2.17. The van der Waals surface area contributed by atoms with E-state index in [0.717, 1.165) is 19.4 Å². The second kappa shape index (κ2) is 4.52. The Hall–Kier alpha value is -1.24. The fraction of sp³-hybridized carbons (Fsp3) is 0.818. The Bertz CT molecular complexity index is 281. The molecule has 1 unspecified atom stereocenters. The lowest BCUT2D eigenvalue weighted by atomic mass is 9.77. The van der Waals surface area contributed by atoms with Crippen LogP contribution in [-0.2, 0) is 4.74 Å². The Labute approximate surface area is 90.8 Å². The van der Waals surface area contributed by atoms with E-state index < -0.39 is 0 Å². The van der Waals surface area contributed by atoms with Gasteiger partial charge in [0.2, 0.25) is 0 Å². The van der Waals surface area contributed by atoms with Crippen LogP contribution < -0.4 is 0 Å². The van der Waals surface area contributed by atoms with Gasteiger partial charge in [-0.2, -0.15) is 5.26 Å². The van der Waals surface area contributed by atoms with Gasteiger partial charge < -0.3 is 9.64 Å². The third-order valence-corrected chi connectivity index (χ3v) is 3.36. The van der Waals surface area contributed by atoms with Crippen LogP contribution in [0.4, 0.5) is 4.79 Å². The fourth-order valence-electron chi connectivity index (χ4n) is 2.26. The number of hydrogen-bond donors (Lipinski definition) is 0. The normalized spacial score (nSPS) is 24.4. The highest BCUT2D eigenvalue weighted by Gasteiger charge is 2.41. The third kappa shape index (κ3) is 2.23. The molecule has 0 aliphatic carbocycles. The molecule has 0 N–H and O–H groups in total. The van der Waals surface area contributed by atoms with Gasteiger partial charge in [-0.15, -0.1) is 0 Å². The SMILES string of the molecule is COC(=O)N1CCCC(CC#N)C1(C)C. The molecule has 1 amide bonds. The van der Waals surface area contributed by atoms with Crippen LogP contribution in [0.1, 0.15) is 33.1 Å². The van der Waals surface area contributed by atoms with E-state index in [2.05, 4.69) is 6.07 Å². The van der Waals surface area contributed by atoms with E-state index in [-0.39, 0.29) is 17.6 Å². The fourth-order valence-corrected chi connectivity index (χ4v) is 2.26. The molecular weight excluding hydrogens is 192 g/mol. The first kappa shape index (κ1) is 11.8. The number of nitrogens with zero attached hydrogens (tertiary/aromatic N) is 2. The molecule has 1 fully saturated rings. The number of ether oxygens (including phenoxy) is 1. The summed E-state index contributed by atoms with van der Waals surface area (Å²) in [5.74, 6) is 0.246. The predicted octanol–water partition coefficient (Wildman–Crippen LogP) is 2.16. The molecule has 0 spiro atoms. The second-order valence-electron chi connectivity index (χ2n) is 4.48.